The van der Waals surface area contributed by atoms with E-state index in [0.717, 1.165) is 12.0 Å². The largest absolute Gasteiger partial charge is 0.230 e. The Morgan fingerprint density at radius 1 is 1.44 bits per heavy atom. The van der Waals surface area contributed by atoms with E-state index >= 15 is 0 Å². The third-order valence-electron chi connectivity index (χ3n) is 0.672. The van der Waals surface area contributed by atoms with Crippen LogP contribution in [0.1, 0.15) is 0 Å². The first-order valence-corrected chi connectivity index (χ1v) is 4.99. The number of hydrogen-bond donors (Lipinski definition) is 0. The van der Waals surface area contributed by atoms with Gasteiger partial charge in [-0.25, -0.2) is 9.97 Å². The lowest BCUT2D eigenvalue weighted by molar-refractivity contribution is 1.06. The van der Waals surface area contributed by atoms with E-state index in [-0.39, 0.29) is 0 Å². The standard InChI is InChI=1S/C4HBrI2N2/c5-3-2(6)1-8-4(7)9-3/h1H. The highest BCUT2D eigenvalue weighted by Crippen LogP contribution is 2.14. The minimum atomic E-state index is 0.764. The quantitative estimate of drug-likeness (QED) is 0.373. The van der Waals surface area contributed by atoms with Gasteiger partial charge in [0.05, 0.1) is 3.57 Å². The summed E-state index contributed by atoms with van der Waals surface area (Å²) in [6, 6.07) is 0. The van der Waals surface area contributed by atoms with Gasteiger partial charge in [0.2, 0.25) is 0 Å². The minimum Gasteiger partial charge on any atom is -0.230 e. The normalized spacial score (nSPS) is 9.67. The second kappa shape index (κ2) is 3.42. The Morgan fingerprint density at radius 3 is 2.56 bits per heavy atom. The molecular weight excluding hydrogens is 410 g/mol. The molecule has 0 atom stereocenters. The Kier molecular flexibility index (Phi) is 3.09. The third kappa shape index (κ3) is 2.26. The summed E-state index contributed by atoms with van der Waals surface area (Å²) in [5, 5.41) is 0. The van der Waals surface area contributed by atoms with Crippen molar-refractivity contribution in [3.05, 3.63) is 18.2 Å². The second-order valence-electron chi connectivity index (χ2n) is 1.28. The van der Waals surface area contributed by atoms with E-state index in [4.69, 9.17) is 0 Å². The van der Waals surface area contributed by atoms with Crippen molar-refractivity contribution in [2.45, 2.75) is 0 Å². The van der Waals surface area contributed by atoms with Crippen molar-refractivity contribution in [1.29, 1.82) is 0 Å². The van der Waals surface area contributed by atoms with Crippen LogP contribution in [-0.2, 0) is 0 Å². The maximum absolute atomic E-state index is 4.06. The fourth-order valence-electron chi connectivity index (χ4n) is 0.326. The van der Waals surface area contributed by atoms with Crippen LogP contribution in [0.2, 0.25) is 0 Å². The molecule has 0 spiro atoms. The van der Waals surface area contributed by atoms with Crippen molar-refractivity contribution in [1.82, 2.24) is 9.97 Å². The molecule has 48 valence electrons. The smallest absolute Gasteiger partial charge is 0.191 e. The van der Waals surface area contributed by atoms with Gasteiger partial charge in [-0.3, -0.25) is 0 Å². The Labute approximate surface area is 88.3 Å². The number of halogens is 3. The molecule has 0 saturated heterocycles. The second-order valence-corrected chi connectivity index (χ2v) is 4.16. The van der Waals surface area contributed by atoms with E-state index < -0.39 is 0 Å². The highest BCUT2D eigenvalue weighted by molar-refractivity contribution is 14.1. The average Bonchev–Trinajstić information content (AvgIpc) is 1.80. The molecule has 0 unspecified atom stereocenters. The van der Waals surface area contributed by atoms with Crippen molar-refractivity contribution in [3.63, 3.8) is 0 Å². The van der Waals surface area contributed by atoms with Crippen molar-refractivity contribution in [3.8, 4) is 0 Å². The molecule has 1 heterocycles. The fourth-order valence-corrected chi connectivity index (χ4v) is 1.57. The molecule has 0 radical (unpaired) electrons. The zero-order valence-corrected chi connectivity index (χ0v) is 10.0. The van der Waals surface area contributed by atoms with Gasteiger partial charge in [-0.2, -0.15) is 0 Å². The van der Waals surface area contributed by atoms with Crippen LogP contribution in [0.25, 0.3) is 0 Å². The Bertz CT molecular complexity index is 228. The van der Waals surface area contributed by atoms with E-state index in [2.05, 4.69) is 71.1 Å². The van der Waals surface area contributed by atoms with E-state index in [9.17, 15) is 0 Å². The van der Waals surface area contributed by atoms with Crippen molar-refractivity contribution in [2.24, 2.45) is 0 Å². The zero-order chi connectivity index (χ0) is 6.85. The van der Waals surface area contributed by atoms with Gasteiger partial charge in [-0.15, -0.1) is 0 Å². The molecule has 5 heteroatoms. The van der Waals surface area contributed by atoms with Crippen LogP contribution in [0.5, 0.6) is 0 Å². The van der Waals surface area contributed by atoms with Gasteiger partial charge in [0.1, 0.15) is 4.60 Å². The molecule has 1 rings (SSSR count). The summed E-state index contributed by atoms with van der Waals surface area (Å²) in [6.45, 7) is 0. The third-order valence-corrected chi connectivity index (χ3v) is 3.33. The van der Waals surface area contributed by atoms with E-state index in [1.165, 1.54) is 0 Å². The molecular formula is C4HBrI2N2. The first kappa shape index (κ1) is 8.12. The lowest BCUT2D eigenvalue weighted by Crippen LogP contribution is -1.88. The molecule has 2 nitrogen and oxygen atoms in total. The highest BCUT2D eigenvalue weighted by atomic mass is 127. The molecule has 0 aromatic carbocycles. The number of nitrogens with zero attached hydrogens (tertiary/aromatic N) is 2. The lowest BCUT2D eigenvalue weighted by atomic mass is 10.7. The SMILES string of the molecule is Brc1nc(I)ncc1I. The molecule has 0 amide bonds. The summed E-state index contributed by atoms with van der Waals surface area (Å²) in [6.07, 6.45) is 1.78. The van der Waals surface area contributed by atoms with Crippen molar-refractivity contribution >= 4 is 61.1 Å². The Hall–Kier alpha value is 1.02. The molecule has 0 aliphatic heterocycles. The van der Waals surface area contributed by atoms with Gasteiger partial charge in [0.15, 0.2) is 3.83 Å². The summed E-state index contributed by atoms with van der Waals surface area (Å²) in [7, 11) is 0. The maximum atomic E-state index is 4.06. The predicted octanol–water partition coefficient (Wildman–Crippen LogP) is 2.45. The Balaban J connectivity index is 3.17. The van der Waals surface area contributed by atoms with E-state index in [0.29, 0.717) is 0 Å². The first-order chi connectivity index (χ1) is 4.20. The zero-order valence-electron chi connectivity index (χ0n) is 4.11. The fraction of sp³-hybridized carbons (Fsp3) is 0. The average molecular weight is 411 g/mol. The van der Waals surface area contributed by atoms with E-state index in [1.54, 1.807) is 6.20 Å². The molecule has 1 aromatic heterocycles. The van der Waals surface area contributed by atoms with Gasteiger partial charge in [-0.05, 0) is 38.5 Å². The van der Waals surface area contributed by atoms with Crippen LogP contribution in [0.15, 0.2) is 10.8 Å². The van der Waals surface area contributed by atoms with Crippen molar-refractivity contribution in [2.75, 3.05) is 0 Å². The van der Waals surface area contributed by atoms with Crippen LogP contribution in [0.3, 0.4) is 0 Å². The summed E-state index contributed by atoms with van der Waals surface area (Å²) in [4.78, 5) is 8.04. The molecule has 0 N–H and O–H groups in total. The van der Waals surface area contributed by atoms with Gasteiger partial charge < -0.3 is 0 Å². The molecule has 0 saturated carbocycles. The molecule has 9 heavy (non-hydrogen) atoms. The topological polar surface area (TPSA) is 25.8 Å². The molecule has 0 aliphatic rings. The summed E-state index contributed by atoms with van der Waals surface area (Å²) in [5.41, 5.74) is 0. The number of aromatic nitrogens is 2. The first-order valence-electron chi connectivity index (χ1n) is 2.03. The van der Waals surface area contributed by atoms with Gasteiger partial charge in [-0.1, -0.05) is 0 Å². The van der Waals surface area contributed by atoms with Crippen LogP contribution in [-0.4, -0.2) is 9.97 Å². The number of hydrogen-bond acceptors (Lipinski definition) is 2. The van der Waals surface area contributed by atoms with Crippen LogP contribution in [0, 0.1) is 7.40 Å². The van der Waals surface area contributed by atoms with E-state index in [1.807, 2.05) is 0 Å². The minimum absolute atomic E-state index is 0.764. The molecule has 1 aromatic rings. The van der Waals surface area contributed by atoms with Gasteiger partial charge >= 0.3 is 0 Å². The van der Waals surface area contributed by atoms with Crippen LogP contribution in [0.4, 0.5) is 0 Å². The lowest BCUT2D eigenvalue weighted by Gasteiger charge is -1.92. The number of rotatable bonds is 0. The van der Waals surface area contributed by atoms with Gasteiger partial charge in [0, 0.05) is 28.8 Å². The summed E-state index contributed by atoms with van der Waals surface area (Å²) >= 11 is 7.51. The molecule has 0 bridgehead atoms. The van der Waals surface area contributed by atoms with Crippen LogP contribution < -0.4 is 0 Å². The monoisotopic (exact) mass is 410 g/mol. The van der Waals surface area contributed by atoms with Crippen molar-refractivity contribution < 1.29 is 0 Å². The maximum Gasteiger partial charge on any atom is 0.191 e. The highest BCUT2D eigenvalue weighted by Gasteiger charge is 1.96. The Morgan fingerprint density at radius 2 is 2.11 bits per heavy atom. The molecule has 0 aliphatic carbocycles. The summed E-state index contributed by atoms with van der Waals surface area (Å²) < 4.78 is 2.66. The predicted molar refractivity (Wildman–Crippen MR) is 55.2 cm³/mol. The van der Waals surface area contributed by atoms with Crippen LogP contribution >= 0.6 is 61.1 Å². The van der Waals surface area contributed by atoms with Gasteiger partial charge in [0.25, 0.3) is 0 Å². The molecule has 0 fully saturated rings. The summed E-state index contributed by atoms with van der Waals surface area (Å²) in [5.74, 6) is 0.